The first-order valence-corrected chi connectivity index (χ1v) is 12.1. The van der Waals surface area contributed by atoms with Gasteiger partial charge >= 0.3 is 12.1 Å². The van der Waals surface area contributed by atoms with E-state index in [1.54, 1.807) is 12.3 Å². The molecule has 0 bridgehead atoms. The zero-order valence-electron chi connectivity index (χ0n) is 19.7. The van der Waals surface area contributed by atoms with E-state index < -0.39 is 30.1 Å². The van der Waals surface area contributed by atoms with Crippen molar-refractivity contribution < 1.29 is 27.5 Å². The van der Waals surface area contributed by atoms with Gasteiger partial charge in [0.25, 0.3) is 0 Å². The van der Waals surface area contributed by atoms with Crippen LogP contribution in [0.2, 0.25) is 0 Å². The predicted molar refractivity (Wildman–Crippen MR) is 130 cm³/mol. The Bertz CT molecular complexity index is 1520. The van der Waals surface area contributed by atoms with Crippen molar-refractivity contribution in [2.75, 3.05) is 0 Å². The first-order valence-electron chi connectivity index (χ1n) is 11.1. The van der Waals surface area contributed by atoms with E-state index in [-0.39, 0.29) is 11.6 Å². The van der Waals surface area contributed by atoms with E-state index in [0.29, 0.717) is 44.1 Å². The molecule has 0 atom stereocenters. The number of benzene rings is 1. The van der Waals surface area contributed by atoms with Crippen molar-refractivity contribution in [3.63, 3.8) is 0 Å². The van der Waals surface area contributed by atoms with Crippen LogP contribution in [0.5, 0.6) is 0 Å². The molecule has 0 radical (unpaired) electrons. The molecular formula is C26H20F4N4O2S. The second-order valence-electron chi connectivity index (χ2n) is 8.58. The molecule has 0 aliphatic heterocycles. The molecule has 190 valence electrons. The largest absolute Gasteiger partial charge is 0.481 e. The molecule has 0 unspecified atom stereocenters. The van der Waals surface area contributed by atoms with Gasteiger partial charge < -0.3 is 9.67 Å². The standard InChI is InChI=1S/C26H20F4N4O2S/c1-14(2)34-12-19(16-4-6-22(32-11-16)26(28,29)30)24-21(34)8-18(10-31)25(33-24)37-13-15-3-5-20(27)17(7-15)9-23(35)36/h3-8,11-12,14H,9,13H2,1-2H3,(H,35,36). The van der Waals surface area contributed by atoms with E-state index >= 15 is 0 Å². The number of halogens is 4. The molecule has 3 aromatic heterocycles. The number of carboxylic acid groups (broad SMARTS) is 1. The molecule has 4 aromatic rings. The molecule has 6 nitrogen and oxygen atoms in total. The summed E-state index contributed by atoms with van der Waals surface area (Å²) in [5.41, 5.74) is 2.19. The zero-order chi connectivity index (χ0) is 26.9. The molecule has 0 saturated carbocycles. The Balaban J connectivity index is 1.75. The van der Waals surface area contributed by atoms with Gasteiger partial charge in [0.05, 0.1) is 23.0 Å². The van der Waals surface area contributed by atoms with E-state index in [0.717, 1.165) is 12.3 Å². The van der Waals surface area contributed by atoms with E-state index in [2.05, 4.69) is 11.1 Å². The number of rotatable bonds is 7. The molecule has 37 heavy (non-hydrogen) atoms. The Morgan fingerprint density at radius 1 is 1.22 bits per heavy atom. The molecule has 11 heteroatoms. The van der Waals surface area contributed by atoms with Gasteiger partial charge in [-0.3, -0.25) is 9.78 Å². The van der Waals surface area contributed by atoms with Crippen LogP contribution in [-0.4, -0.2) is 25.6 Å². The molecule has 4 rings (SSSR count). The van der Waals surface area contributed by atoms with Crippen LogP contribution in [0.3, 0.4) is 0 Å². The number of hydrogen-bond donors (Lipinski definition) is 1. The van der Waals surface area contributed by atoms with Crippen LogP contribution in [-0.2, 0) is 23.1 Å². The first kappa shape index (κ1) is 26.2. The molecule has 0 fully saturated rings. The minimum Gasteiger partial charge on any atom is -0.481 e. The van der Waals surface area contributed by atoms with Crippen LogP contribution in [0.4, 0.5) is 17.6 Å². The van der Waals surface area contributed by atoms with Crippen LogP contribution in [0.15, 0.2) is 53.8 Å². The summed E-state index contributed by atoms with van der Waals surface area (Å²) in [6.45, 7) is 3.87. The summed E-state index contributed by atoms with van der Waals surface area (Å²) >= 11 is 1.22. The van der Waals surface area contributed by atoms with E-state index in [1.165, 1.54) is 36.0 Å². The lowest BCUT2D eigenvalue weighted by atomic mass is 10.1. The summed E-state index contributed by atoms with van der Waals surface area (Å²) in [6, 6.07) is 10.3. The molecule has 3 heterocycles. The Hall–Kier alpha value is -3.91. The van der Waals surface area contributed by atoms with Crippen LogP contribution in [0, 0.1) is 17.1 Å². The third kappa shape index (κ3) is 5.59. The van der Waals surface area contributed by atoms with Crippen molar-refractivity contribution in [2.24, 2.45) is 0 Å². The lowest BCUT2D eigenvalue weighted by molar-refractivity contribution is -0.141. The highest BCUT2D eigenvalue weighted by molar-refractivity contribution is 7.98. The lowest BCUT2D eigenvalue weighted by Crippen LogP contribution is -2.07. The smallest absolute Gasteiger partial charge is 0.433 e. The van der Waals surface area contributed by atoms with Crippen molar-refractivity contribution in [3.05, 3.63) is 77.0 Å². The van der Waals surface area contributed by atoms with Gasteiger partial charge in [-0.2, -0.15) is 18.4 Å². The fourth-order valence-corrected chi connectivity index (χ4v) is 4.77. The zero-order valence-corrected chi connectivity index (χ0v) is 20.5. The quantitative estimate of drug-likeness (QED) is 0.214. The van der Waals surface area contributed by atoms with Crippen molar-refractivity contribution in [1.29, 1.82) is 5.26 Å². The minimum absolute atomic E-state index is 0.0163. The molecule has 1 aromatic carbocycles. The molecule has 0 amide bonds. The highest BCUT2D eigenvalue weighted by atomic mass is 32.2. The lowest BCUT2D eigenvalue weighted by Gasteiger charge is -2.10. The number of alkyl halides is 3. The third-order valence-corrected chi connectivity index (χ3v) is 6.70. The highest BCUT2D eigenvalue weighted by Gasteiger charge is 2.32. The Morgan fingerprint density at radius 3 is 2.57 bits per heavy atom. The number of carbonyl (C=O) groups is 1. The number of aliphatic carboxylic acids is 1. The van der Waals surface area contributed by atoms with E-state index in [4.69, 9.17) is 10.1 Å². The average molecular weight is 529 g/mol. The average Bonchev–Trinajstić information content (AvgIpc) is 3.21. The highest BCUT2D eigenvalue weighted by Crippen LogP contribution is 2.36. The Labute approximate surface area is 213 Å². The maximum Gasteiger partial charge on any atom is 0.433 e. The number of nitrogens with zero attached hydrogens (tertiary/aromatic N) is 4. The number of carboxylic acids is 1. The molecule has 0 aliphatic rings. The van der Waals surface area contributed by atoms with Gasteiger partial charge in [-0.15, -0.1) is 11.8 Å². The maximum atomic E-state index is 14.0. The maximum absolute atomic E-state index is 14.0. The Kier molecular flexibility index (Phi) is 7.23. The number of hydrogen-bond acceptors (Lipinski definition) is 5. The van der Waals surface area contributed by atoms with Crippen molar-refractivity contribution >= 4 is 28.8 Å². The topological polar surface area (TPSA) is 91.8 Å². The van der Waals surface area contributed by atoms with Crippen LogP contribution < -0.4 is 0 Å². The summed E-state index contributed by atoms with van der Waals surface area (Å²) in [4.78, 5) is 19.3. The fourth-order valence-electron chi connectivity index (χ4n) is 3.87. The van der Waals surface area contributed by atoms with Gasteiger partial charge in [0.15, 0.2) is 0 Å². The monoisotopic (exact) mass is 528 g/mol. The van der Waals surface area contributed by atoms with E-state index in [9.17, 15) is 27.6 Å². The summed E-state index contributed by atoms with van der Waals surface area (Å²) in [7, 11) is 0. The van der Waals surface area contributed by atoms with Gasteiger partial charge in [0.2, 0.25) is 0 Å². The van der Waals surface area contributed by atoms with Crippen LogP contribution in [0.1, 0.15) is 42.3 Å². The van der Waals surface area contributed by atoms with Crippen molar-refractivity contribution in [3.8, 4) is 17.2 Å². The summed E-state index contributed by atoms with van der Waals surface area (Å²) < 4.78 is 54.8. The first-order chi connectivity index (χ1) is 17.5. The van der Waals surface area contributed by atoms with Crippen LogP contribution in [0.25, 0.3) is 22.2 Å². The second kappa shape index (κ2) is 10.2. The molecular weight excluding hydrogens is 508 g/mol. The van der Waals surface area contributed by atoms with Gasteiger partial charge in [0.1, 0.15) is 22.6 Å². The van der Waals surface area contributed by atoms with Gasteiger partial charge in [-0.1, -0.05) is 18.2 Å². The van der Waals surface area contributed by atoms with Crippen molar-refractivity contribution in [1.82, 2.24) is 14.5 Å². The summed E-state index contributed by atoms with van der Waals surface area (Å²) in [5.74, 6) is -1.47. The predicted octanol–water partition coefficient (Wildman–Crippen LogP) is 6.63. The second-order valence-corrected chi connectivity index (χ2v) is 9.54. The number of nitriles is 1. The normalized spacial score (nSPS) is 11.7. The number of fused-ring (bicyclic) bond motifs is 1. The van der Waals surface area contributed by atoms with E-state index in [1.807, 2.05) is 18.4 Å². The Morgan fingerprint density at radius 2 is 1.97 bits per heavy atom. The fraction of sp³-hybridized carbons (Fsp3) is 0.231. The number of aromatic nitrogens is 3. The minimum atomic E-state index is -4.56. The van der Waals surface area contributed by atoms with Gasteiger partial charge in [0, 0.05) is 35.3 Å². The number of thioether (sulfide) groups is 1. The van der Waals surface area contributed by atoms with Crippen molar-refractivity contribution in [2.45, 2.75) is 43.3 Å². The van der Waals surface area contributed by atoms with Crippen LogP contribution >= 0.6 is 11.8 Å². The molecule has 0 aliphatic carbocycles. The van der Waals surface area contributed by atoms with Gasteiger partial charge in [-0.25, -0.2) is 9.37 Å². The summed E-state index contributed by atoms with van der Waals surface area (Å²) in [6.07, 6.45) is -2.08. The number of pyridine rings is 2. The summed E-state index contributed by atoms with van der Waals surface area (Å²) in [5, 5.41) is 19.2. The molecule has 0 saturated heterocycles. The SMILES string of the molecule is CC(C)n1cc(-c2ccc(C(F)(F)F)nc2)c2nc(SCc3ccc(F)c(CC(=O)O)c3)c(C#N)cc21. The molecule has 1 N–H and O–H groups in total. The third-order valence-electron chi connectivity index (χ3n) is 5.64. The molecule has 0 spiro atoms. The van der Waals surface area contributed by atoms with Gasteiger partial charge in [-0.05, 0) is 43.2 Å².